The van der Waals surface area contributed by atoms with Crippen LogP contribution in [-0.4, -0.2) is 30.5 Å². The number of nitrogens with one attached hydrogen (secondary N) is 1. The van der Waals surface area contributed by atoms with Gasteiger partial charge in [0.25, 0.3) is 0 Å². The van der Waals surface area contributed by atoms with Gasteiger partial charge in [0.2, 0.25) is 0 Å². The summed E-state index contributed by atoms with van der Waals surface area (Å²) in [7, 11) is 0. The molecule has 6 nitrogen and oxygen atoms in total. The highest BCUT2D eigenvalue weighted by atomic mass is 35.5. The maximum absolute atomic E-state index is 13.6. The smallest absolute Gasteiger partial charge is 0.181 e. The van der Waals surface area contributed by atoms with E-state index in [4.69, 9.17) is 11.6 Å². The Morgan fingerprint density at radius 1 is 1.40 bits per heavy atom. The van der Waals surface area contributed by atoms with E-state index in [1.54, 1.807) is 23.3 Å². The van der Waals surface area contributed by atoms with Gasteiger partial charge in [-0.2, -0.15) is 5.10 Å². The predicted octanol–water partition coefficient (Wildman–Crippen LogP) is 3.23. The number of aromatic nitrogens is 5. The lowest BCUT2D eigenvalue weighted by Gasteiger charge is -2.03. The van der Waals surface area contributed by atoms with Crippen molar-refractivity contribution in [3.8, 4) is 11.4 Å². The Balaban J connectivity index is 1.73. The van der Waals surface area contributed by atoms with Crippen LogP contribution in [0.5, 0.6) is 0 Å². The van der Waals surface area contributed by atoms with Crippen molar-refractivity contribution in [3.63, 3.8) is 0 Å². The topological polar surface area (TPSA) is 76.5 Å². The third-order valence-corrected chi connectivity index (χ3v) is 4.10. The minimum atomic E-state index is -0.524. The third-order valence-electron chi connectivity index (χ3n) is 3.80. The molecule has 0 atom stereocenters. The number of rotatable bonds is 7. The van der Waals surface area contributed by atoms with Crippen molar-refractivity contribution >= 4 is 17.4 Å². The Hall–Kier alpha value is -2.54. The molecule has 0 saturated heterocycles. The van der Waals surface area contributed by atoms with Crippen molar-refractivity contribution in [1.29, 1.82) is 0 Å². The van der Waals surface area contributed by atoms with Crippen LogP contribution in [0.2, 0.25) is 5.02 Å². The molecule has 2 aromatic heterocycles. The molecule has 0 aliphatic heterocycles. The Morgan fingerprint density at radius 2 is 2.24 bits per heavy atom. The second-order valence-corrected chi connectivity index (χ2v) is 6.01. The zero-order chi connectivity index (χ0) is 17.8. The number of halogens is 2. The third kappa shape index (κ3) is 4.11. The maximum atomic E-state index is 13.6. The van der Waals surface area contributed by atoms with Crippen LogP contribution in [0.1, 0.15) is 24.9 Å². The summed E-state index contributed by atoms with van der Waals surface area (Å²) < 4.78 is 15.2. The molecule has 0 amide bonds. The summed E-state index contributed by atoms with van der Waals surface area (Å²) in [5, 5.41) is 4.41. The summed E-state index contributed by atoms with van der Waals surface area (Å²) in [6, 6.07) is 4.42. The average Bonchev–Trinajstić information content (AvgIpc) is 3.25. The Bertz CT molecular complexity index is 875. The molecule has 0 bridgehead atoms. The van der Waals surface area contributed by atoms with Crippen LogP contribution in [-0.2, 0) is 24.2 Å². The van der Waals surface area contributed by atoms with Crippen LogP contribution in [0.3, 0.4) is 0 Å². The molecule has 25 heavy (non-hydrogen) atoms. The number of aromatic amines is 1. The molecule has 1 aromatic carbocycles. The molecular formula is C17H17ClFN5O. The number of carbonyl (C=O) groups excluding carboxylic acids is 1. The first kappa shape index (κ1) is 17.3. The van der Waals surface area contributed by atoms with Gasteiger partial charge in [0.1, 0.15) is 18.2 Å². The minimum Gasteiger partial charge on any atom is -0.348 e. The van der Waals surface area contributed by atoms with Crippen LogP contribution in [0.4, 0.5) is 4.39 Å². The standard InChI is InChI=1S/C17H17ClFN5O/c1-2-16-22-17(11-3-6-14(18)15(19)7-11)23-24(16)9-13(25)5-4-12-8-20-10-21-12/h3,6-8,10H,2,4-5,9H2,1H3,(H,20,21). The number of Topliss-reactive ketones (excluding diaryl/α,β-unsaturated/α-hetero) is 1. The number of ketones is 1. The van der Waals surface area contributed by atoms with Crippen LogP contribution in [0.25, 0.3) is 11.4 Å². The van der Waals surface area contributed by atoms with Crippen LogP contribution >= 0.6 is 11.6 Å². The molecule has 0 spiro atoms. The largest absolute Gasteiger partial charge is 0.348 e. The number of carbonyl (C=O) groups is 1. The van der Waals surface area contributed by atoms with Crippen molar-refractivity contribution in [2.75, 3.05) is 0 Å². The van der Waals surface area contributed by atoms with Crippen molar-refractivity contribution in [3.05, 3.63) is 53.1 Å². The molecule has 0 saturated carbocycles. The van der Waals surface area contributed by atoms with E-state index in [0.29, 0.717) is 36.5 Å². The number of hydrogen-bond acceptors (Lipinski definition) is 4. The van der Waals surface area contributed by atoms with Gasteiger partial charge in [0.15, 0.2) is 11.6 Å². The van der Waals surface area contributed by atoms with Crippen LogP contribution < -0.4 is 0 Å². The lowest BCUT2D eigenvalue weighted by molar-refractivity contribution is -0.119. The molecule has 0 radical (unpaired) electrons. The first-order chi connectivity index (χ1) is 12.1. The fourth-order valence-corrected chi connectivity index (χ4v) is 2.58. The Morgan fingerprint density at radius 3 is 2.92 bits per heavy atom. The van der Waals surface area contributed by atoms with Crippen molar-refractivity contribution in [2.24, 2.45) is 0 Å². The van der Waals surface area contributed by atoms with Gasteiger partial charge in [-0.25, -0.2) is 19.0 Å². The molecule has 0 aliphatic rings. The molecule has 8 heteroatoms. The summed E-state index contributed by atoms with van der Waals surface area (Å²) >= 11 is 5.71. The van der Waals surface area contributed by atoms with Gasteiger partial charge < -0.3 is 4.98 Å². The Labute approximate surface area is 149 Å². The monoisotopic (exact) mass is 361 g/mol. The SMILES string of the molecule is CCc1nc(-c2ccc(Cl)c(F)c2)nn1CC(=O)CCc1cnc[nH]1. The highest BCUT2D eigenvalue weighted by Gasteiger charge is 2.14. The molecule has 0 aliphatic carbocycles. The molecule has 3 aromatic rings. The molecule has 0 unspecified atom stereocenters. The van der Waals surface area contributed by atoms with Crippen molar-refractivity contribution in [1.82, 2.24) is 24.7 Å². The number of hydrogen-bond donors (Lipinski definition) is 1. The average molecular weight is 362 g/mol. The predicted molar refractivity (Wildman–Crippen MR) is 91.7 cm³/mol. The van der Waals surface area contributed by atoms with E-state index in [-0.39, 0.29) is 17.4 Å². The first-order valence-electron chi connectivity index (χ1n) is 7.95. The van der Waals surface area contributed by atoms with Gasteiger partial charge >= 0.3 is 0 Å². The van der Waals surface area contributed by atoms with Gasteiger partial charge in [0, 0.05) is 30.3 Å². The number of aryl methyl sites for hydroxylation is 2. The number of benzene rings is 1. The van der Waals surface area contributed by atoms with Gasteiger partial charge in [-0.15, -0.1) is 0 Å². The van der Waals surface area contributed by atoms with Gasteiger partial charge in [-0.1, -0.05) is 18.5 Å². The lowest BCUT2D eigenvalue weighted by Crippen LogP contribution is -2.14. The summed E-state index contributed by atoms with van der Waals surface area (Å²) in [6.45, 7) is 2.07. The number of nitrogens with zero attached hydrogens (tertiary/aromatic N) is 4. The maximum Gasteiger partial charge on any atom is 0.181 e. The van der Waals surface area contributed by atoms with E-state index < -0.39 is 5.82 Å². The highest BCUT2D eigenvalue weighted by molar-refractivity contribution is 6.30. The summed E-state index contributed by atoms with van der Waals surface area (Å²) in [6.07, 6.45) is 4.90. The normalized spacial score (nSPS) is 11.0. The lowest BCUT2D eigenvalue weighted by atomic mass is 10.2. The Kier molecular flexibility index (Phi) is 5.23. The molecule has 130 valence electrons. The second-order valence-electron chi connectivity index (χ2n) is 5.61. The summed E-state index contributed by atoms with van der Waals surface area (Å²) in [5.74, 6) is 0.585. The molecular weight excluding hydrogens is 345 g/mol. The van der Waals surface area contributed by atoms with Crippen LogP contribution in [0, 0.1) is 5.82 Å². The van der Waals surface area contributed by atoms with E-state index in [0.717, 1.165) is 5.69 Å². The van der Waals surface area contributed by atoms with E-state index in [1.165, 1.54) is 12.1 Å². The number of imidazole rings is 1. The van der Waals surface area contributed by atoms with Gasteiger partial charge in [-0.3, -0.25) is 4.79 Å². The summed E-state index contributed by atoms with van der Waals surface area (Å²) in [4.78, 5) is 23.5. The number of H-pyrrole nitrogens is 1. The van der Waals surface area contributed by atoms with Gasteiger partial charge in [-0.05, 0) is 24.6 Å². The zero-order valence-electron chi connectivity index (χ0n) is 13.7. The first-order valence-corrected chi connectivity index (χ1v) is 8.32. The fraction of sp³-hybridized carbons (Fsp3) is 0.294. The highest BCUT2D eigenvalue weighted by Crippen LogP contribution is 2.22. The van der Waals surface area contributed by atoms with Gasteiger partial charge in [0.05, 0.1) is 11.3 Å². The minimum absolute atomic E-state index is 0.0445. The molecule has 1 N–H and O–H groups in total. The fourth-order valence-electron chi connectivity index (χ4n) is 2.46. The van der Waals surface area contributed by atoms with Crippen molar-refractivity contribution < 1.29 is 9.18 Å². The van der Waals surface area contributed by atoms with E-state index in [9.17, 15) is 9.18 Å². The summed E-state index contributed by atoms with van der Waals surface area (Å²) in [5.41, 5.74) is 1.44. The molecule has 3 rings (SSSR count). The zero-order valence-corrected chi connectivity index (χ0v) is 14.4. The van der Waals surface area contributed by atoms with E-state index in [2.05, 4.69) is 20.1 Å². The second kappa shape index (κ2) is 7.57. The van der Waals surface area contributed by atoms with Crippen molar-refractivity contribution in [2.45, 2.75) is 32.7 Å². The van der Waals surface area contributed by atoms with E-state index in [1.807, 2.05) is 6.92 Å². The van der Waals surface area contributed by atoms with E-state index >= 15 is 0 Å². The quantitative estimate of drug-likeness (QED) is 0.701. The molecule has 0 fully saturated rings. The molecule has 2 heterocycles. The van der Waals surface area contributed by atoms with Crippen LogP contribution in [0.15, 0.2) is 30.7 Å².